The second-order valence-electron chi connectivity index (χ2n) is 8.19. The number of carbonyl (C=O) groups excluding carboxylic acids is 3. The highest BCUT2D eigenvalue weighted by Gasteiger charge is 2.32. The Kier molecular flexibility index (Phi) is 6.67. The fourth-order valence-electron chi connectivity index (χ4n) is 4.20. The summed E-state index contributed by atoms with van der Waals surface area (Å²) in [4.78, 5) is 45.6. The molecule has 0 bridgehead atoms. The van der Waals surface area contributed by atoms with E-state index in [2.05, 4.69) is 20.5 Å². The predicted octanol–water partition coefficient (Wildman–Crippen LogP) is 2.76. The lowest BCUT2D eigenvalue weighted by atomic mass is 9.97. The number of likely N-dealkylation sites (tertiary alicyclic amines) is 1. The molecule has 0 radical (unpaired) electrons. The van der Waals surface area contributed by atoms with Crippen molar-refractivity contribution in [3.63, 3.8) is 0 Å². The van der Waals surface area contributed by atoms with Crippen molar-refractivity contribution < 1.29 is 19.1 Å². The molecule has 3 heterocycles. The van der Waals surface area contributed by atoms with Crippen LogP contribution in [0.5, 0.6) is 0 Å². The molecule has 10 nitrogen and oxygen atoms in total. The number of aromatic nitrogens is 4. The van der Waals surface area contributed by atoms with Crippen molar-refractivity contribution in [1.29, 1.82) is 0 Å². The maximum Gasteiger partial charge on any atom is 0.342 e. The van der Waals surface area contributed by atoms with Gasteiger partial charge in [0.05, 0.1) is 30.8 Å². The average molecular weight is 463 g/mol. The summed E-state index contributed by atoms with van der Waals surface area (Å²) >= 11 is 0. The van der Waals surface area contributed by atoms with Gasteiger partial charge in [-0.25, -0.2) is 9.78 Å². The van der Waals surface area contributed by atoms with Crippen LogP contribution in [0.3, 0.4) is 0 Å². The van der Waals surface area contributed by atoms with E-state index in [1.807, 2.05) is 19.1 Å². The summed E-state index contributed by atoms with van der Waals surface area (Å²) in [7, 11) is 1.26. The van der Waals surface area contributed by atoms with Crippen LogP contribution in [0.4, 0.5) is 5.82 Å². The monoisotopic (exact) mass is 462 g/mol. The summed E-state index contributed by atoms with van der Waals surface area (Å²) in [6.07, 6.45) is 6.12. The Labute approximate surface area is 196 Å². The summed E-state index contributed by atoms with van der Waals surface area (Å²) in [5, 5.41) is 11.6. The smallest absolute Gasteiger partial charge is 0.342 e. The Morgan fingerprint density at radius 1 is 1.03 bits per heavy atom. The third-order valence-electron chi connectivity index (χ3n) is 5.97. The molecule has 0 spiro atoms. The molecular formula is C24H26N6O4. The van der Waals surface area contributed by atoms with Crippen molar-refractivity contribution >= 4 is 23.5 Å². The van der Waals surface area contributed by atoms with Crippen molar-refractivity contribution in [2.45, 2.75) is 38.8 Å². The highest BCUT2D eigenvalue weighted by Crippen LogP contribution is 2.26. The largest absolute Gasteiger partial charge is 0.465 e. The van der Waals surface area contributed by atoms with Crippen LogP contribution in [-0.4, -0.2) is 68.3 Å². The minimum absolute atomic E-state index is 0.0146. The third-order valence-corrected chi connectivity index (χ3v) is 5.97. The summed E-state index contributed by atoms with van der Waals surface area (Å²) in [6.45, 7) is 3.80. The first kappa shape index (κ1) is 23.1. The number of carbonyl (C=O) groups is 3. The molecule has 4 rings (SSSR count). The number of anilines is 1. The number of piperidine rings is 1. The molecule has 1 amide bonds. The number of ether oxygens (including phenoxy) is 1. The molecule has 1 fully saturated rings. The van der Waals surface area contributed by atoms with E-state index >= 15 is 0 Å². The minimum Gasteiger partial charge on any atom is -0.465 e. The second-order valence-corrected chi connectivity index (χ2v) is 8.19. The minimum atomic E-state index is -0.640. The topological polar surface area (TPSA) is 119 Å². The molecule has 1 aliphatic rings. The normalized spacial score (nSPS) is 17.8. The van der Waals surface area contributed by atoms with Crippen molar-refractivity contribution in [2.24, 2.45) is 0 Å². The number of Topliss-reactive ketones (excluding diaryl/α,β-unsaturated/α-hetero) is 1. The van der Waals surface area contributed by atoms with Gasteiger partial charge in [-0.15, -0.1) is 0 Å². The lowest BCUT2D eigenvalue weighted by molar-refractivity contribution is 0.0591. The summed E-state index contributed by atoms with van der Waals surface area (Å²) in [6, 6.07) is 8.55. The quantitative estimate of drug-likeness (QED) is 0.439. The number of nitrogens with zero attached hydrogens (tertiary/aromatic N) is 5. The number of benzene rings is 1. The fourth-order valence-corrected chi connectivity index (χ4v) is 4.20. The Morgan fingerprint density at radius 2 is 1.76 bits per heavy atom. The van der Waals surface area contributed by atoms with Gasteiger partial charge in [-0.2, -0.15) is 15.0 Å². The van der Waals surface area contributed by atoms with E-state index in [-0.39, 0.29) is 40.7 Å². The average Bonchev–Trinajstić information content (AvgIpc) is 3.39. The number of esters is 1. The van der Waals surface area contributed by atoms with Crippen LogP contribution < -0.4 is 5.32 Å². The first-order chi connectivity index (χ1) is 16.4. The van der Waals surface area contributed by atoms with Gasteiger partial charge >= 0.3 is 5.97 Å². The highest BCUT2D eigenvalue weighted by atomic mass is 16.5. The molecule has 1 aliphatic heterocycles. The molecule has 0 aliphatic carbocycles. The van der Waals surface area contributed by atoms with Gasteiger partial charge in [-0.05, 0) is 44.9 Å². The van der Waals surface area contributed by atoms with Gasteiger partial charge in [0.2, 0.25) is 0 Å². The lowest BCUT2D eigenvalue weighted by Gasteiger charge is -2.39. The Balaban J connectivity index is 1.60. The Morgan fingerprint density at radius 3 is 2.47 bits per heavy atom. The van der Waals surface area contributed by atoms with E-state index in [0.29, 0.717) is 17.8 Å². The van der Waals surface area contributed by atoms with Crippen molar-refractivity contribution in [3.8, 4) is 5.69 Å². The molecule has 3 aromatic rings. The zero-order chi connectivity index (χ0) is 24.2. The number of amides is 1. The summed E-state index contributed by atoms with van der Waals surface area (Å²) in [5.74, 6) is -0.763. The van der Waals surface area contributed by atoms with E-state index in [1.54, 1.807) is 29.4 Å². The first-order valence-electron chi connectivity index (χ1n) is 11.0. The van der Waals surface area contributed by atoms with Crippen LogP contribution in [0.25, 0.3) is 5.69 Å². The van der Waals surface area contributed by atoms with Crippen LogP contribution in [-0.2, 0) is 4.74 Å². The Bertz CT molecular complexity index is 1210. The van der Waals surface area contributed by atoms with Crippen LogP contribution in [0, 0.1) is 0 Å². The number of ketones is 1. The number of rotatable bonds is 6. The number of hydrogen-bond donors (Lipinski definition) is 1. The van der Waals surface area contributed by atoms with Gasteiger partial charge < -0.3 is 15.0 Å². The van der Waals surface area contributed by atoms with E-state index < -0.39 is 5.97 Å². The maximum atomic E-state index is 13.6. The van der Waals surface area contributed by atoms with Gasteiger partial charge in [-0.1, -0.05) is 12.1 Å². The van der Waals surface area contributed by atoms with Crippen molar-refractivity contribution in [2.75, 3.05) is 19.0 Å². The summed E-state index contributed by atoms with van der Waals surface area (Å²) < 4.78 is 4.89. The number of methoxy groups -OCH3 is 1. The van der Waals surface area contributed by atoms with Gasteiger partial charge in [0.15, 0.2) is 5.78 Å². The van der Waals surface area contributed by atoms with Gasteiger partial charge in [0.25, 0.3) is 5.91 Å². The maximum absolute atomic E-state index is 13.6. The van der Waals surface area contributed by atoms with Crippen LogP contribution >= 0.6 is 0 Å². The SMILES string of the molecule is COC(=O)c1c(C(C)=O)ccnc1NC1CCC(C)N(C(=O)c2ccccc2-n2nccn2)C1. The van der Waals surface area contributed by atoms with Crippen LogP contribution in [0.1, 0.15) is 57.8 Å². The second kappa shape index (κ2) is 9.82. The molecule has 176 valence electrons. The molecule has 0 saturated carbocycles. The Hall–Kier alpha value is -4.08. The fraction of sp³-hybridized carbons (Fsp3) is 0.333. The number of nitrogens with one attached hydrogen (secondary N) is 1. The van der Waals surface area contributed by atoms with Gasteiger partial charge in [0, 0.05) is 30.4 Å². The van der Waals surface area contributed by atoms with Gasteiger partial charge in [0.1, 0.15) is 11.4 Å². The molecule has 1 N–H and O–H groups in total. The lowest BCUT2D eigenvalue weighted by Crippen LogP contribution is -2.50. The van der Waals surface area contributed by atoms with E-state index in [0.717, 1.165) is 12.8 Å². The first-order valence-corrected chi connectivity index (χ1v) is 11.0. The van der Waals surface area contributed by atoms with E-state index in [9.17, 15) is 14.4 Å². The van der Waals surface area contributed by atoms with E-state index in [4.69, 9.17) is 4.74 Å². The zero-order valence-electron chi connectivity index (χ0n) is 19.3. The highest BCUT2D eigenvalue weighted by molar-refractivity contribution is 6.08. The molecule has 2 unspecified atom stereocenters. The van der Waals surface area contributed by atoms with E-state index in [1.165, 1.54) is 31.1 Å². The molecule has 34 heavy (non-hydrogen) atoms. The number of para-hydroxylation sites is 1. The number of pyridine rings is 1. The molecule has 1 saturated heterocycles. The summed E-state index contributed by atoms with van der Waals surface area (Å²) in [5.41, 5.74) is 1.44. The molecular weight excluding hydrogens is 436 g/mol. The molecule has 2 atom stereocenters. The predicted molar refractivity (Wildman–Crippen MR) is 124 cm³/mol. The van der Waals surface area contributed by atoms with Crippen LogP contribution in [0.15, 0.2) is 48.9 Å². The molecule has 1 aromatic carbocycles. The molecule has 10 heteroatoms. The third kappa shape index (κ3) is 4.52. The van der Waals surface area contributed by atoms with Crippen molar-refractivity contribution in [3.05, 3.63) is 65.6 Å². The number of hydrogen-bond acceptors (Lipinski definition) is 8. The van der Waals surface area contributed by atoms with Crippen molar-refractivity contribution in [1.82, 2.24) is 24.9 Å². The zero-order valence-corrected chi connectivity index (χ0v) is 19.3. The van der Waals surface area contributed by atoms with Gasteiger partial charge in [-0.3, -0.25) is 9.59 Å². The standard InChI is InChI=1S/C24H26N6O4/c1-15-8-9-17(28-22-21(24(33)34-3)18(16(2)31)10-11-25-22)14-29(15)23(32)19-6-4-5-7-20(19)30-26-12-13-27-30/h4-7,10-13,15,17H,8-9,14H2,1-3H3,(H,25,28). The molecule has 2 aromatic heterocycles. The van der Waals surface area contributed by atoms with Crippen LogP contribution in [0.2, 0.25) is 0 Å².